The van der Waals surface area contributed by atoms with E-state index >= 15 is 0 Å². The second-order valence-corrected chi connectivity index (χ2v) is 5.56. The van der Waals surface area contributed by atoms with Crippen molar-refractivity contribution < 1.29 is 5.11 Å². The summed E-state index contributed by atoms with van der Waals surface area (Å²) in [6, 6.07) is 13.5. The van der Waals surface area contributed by atoms with Crippen LogP contribution in [0.1, 0.15) is 0 Å². The van der Waals surface area contributed by atoms with Gasteiger partial charge < -0.3 is 15.4 Å². The molecule has 3 aromatic heterocycles. The van der Waals surface area contributed by atoms with E-state index < -0.39 is 0 Å². The van der Waals surface area contributed by atoms with Crippen LogP contribution in [0, 0.1) is 0 Å². The van der Waals surface area contributed by atoms with Crippen molar-refractivity contribution in [3.8, 4) is 28.1 Å². The lowest BCUT2D eigenvalue weighted by Gasteiger charge is -2.07. The Bertz CT molecular complexity index is 972. The van der Waals surface area contributed by atoms with Crippen molar-refractivity contribution in [2.24, 2.45) is 0 Å². The van der Waals surface area contributed by atoms with Crippen molar-refractivity contribution >= 4 is 16.7 Å². The van der Waals surface area contributed by atoms with Gasteiger partial charge in [0.2, 0.25) is 0 Å². The molecule has 0 spiro atoms. The molecule has 0 saturated heterocycles. The summed E-state index contributed by atoms with van der Waals surface area (Å²) in [5.74, 6) is 1.04. The largest absolute Gasteiger partial charge is 0.507 e. The second-order valence-electron chi connectivity index (χ2n) is 5.56. The van der Waals surface area contributed by atoms with Crippen LogP contribution in [-0.4, -0.2) is 27.1 Å². The predicted molar refractivity (Wildman–Crippen MR) is 96.0 cm³/mol. The molecule has 5 nitrogen and oxygen atoms in total. The topological polar surface area (TPSA) is 73.8 Å². The Morgan fingerprint density at radius 3 is 2.58 bits per heavy atom. The molecule has 0 aliphatic carbocycles. The molecule has 0 saturated carbocycles. The maximum atomic E-state index is 10.5. The highest BCUT2D eigenvalue weighted by atomic mass is 16.3. The highest BCUT2D eigenvalue weighted by molar-refractivity contribution is 5.87. The normalized spacial score (nSPS) is 10.9. The number of phenols is 1. The van der Waals surface area contributed by atoms with Crippen molar-refractivity contribution in [3.05, 3.63) is 61.1 Å². The van der Waals surface area contributed by atoms with Crippen molar-refractivity contribution in [1.29, 1.82) is 0 Å². The molecule has 3 heterocycles. The quantitative estimate of drug-likeness (QED) is 0.533. The van der Waals surface area contributed by atoms with Gasteiger partial charge >= 0.3 is 0 Å². The van der Waals surface area contributed by atoms with Gasteiger partial charge in [0.05, 0.1) is 17.4 Å². The molecule has 3 N–H and O–H groups in total. The molecule has 4 aromatic rings. The number of nitrogens with zero attached hydrogens (tertiary/aromatic N) is 2. The first-order valence-corrected chi connectivity index (χ1v) is 7.65. The molecule has 0 amide bonds. The number of aromatic hydroxyl groups is 1. The molecule has 0 fully saturated rings. The second kappa shape index (κ2) is 5.70. The Balaban J connectivity index is 1.73. The van der Waals surface area contributed by atoms with Crippen LogP contribution < -0.4 is 5.32 Å². The number of pyridine rings is 2. The fraction of sp³-hybridized carbons (Fsp3) is 0.0526. The summed E-state index contributed by atoms with van der Waals surface area (Å²) in [5, 5.41) is 14.5. The monoisotopic (exact) mass is 316 g/mol. The number of nitrogens with one attached hydrogen (secondary N) is 2. The molecule has 24 heavy (non-hydrogen) atoms. The number of aromatic amines is 1. The third-order valence-electron chi connectivity index (χ3n) is 4.06. The summed E-state index contributed by atoms with van der Waals surface area (Å²) < 4.78 is 0. The molecule has 0 bridgehead atoms. The zero-order valence-electron chi connectivity index (χ0n) is 13.1. The van der Waals surface area contributed by atoms with Crippen molar-refractivity contribution in [3.63, 3.8) is 0 Å². The van der Waals surface area contributed by atoms with Crippen LogP contribution >= 0.6 is 0 Å². The molecular weight excluding hydrogens is 300 g/mol. The van der Waals surface area contributed by atoms with Gasteiger partial charge in [-0.15, -0.1) is 0 Å². The number of benzene rings is 1. The van der Waals surface area contributed by atoms with Crippen molar-refractivity contribution in [1.82, 2.24) is 15.0 Å². The third-order valence-corrected chi connectivity index (χ3v) is 4.06. The number of phenolic OH excluding ortho intramolecular Hbond substituents is 1. The Morgan fingerprint density at radius 2 is 1.88 bits per heavy atom. The van der Waals surface area contributed by atoms with Gasteiger partial charge in [0.1, 0.15) is 11.6 Å². The minimum Gasteiger partial charge on any atom is -0.507 e. The van der Waals surface area contributed by atoms with Crippen LogP contribution in [0.15, 0.2) is 61.1 Å². The highest BCUT2D eigenvalue weighted by Gasteiger charge is 2.10. The van der Waals surface area contributed by atoms with Crippen LogP contribution in [0.5, 0.6) is 5.75 Å². The fourth-order valence-electron chi connectivity index (χ4n) is 2.77. The minimum atomic E-state index is 0.227. The zero-order valence-corrected chi connectivity index (χ0v) is 13.1. The first-order valence-electron chi connectivity index (χ1n) is 7.65. The first-order chi connectivity index (χ1) is 11.7. The number of hydrogen-bond donors (Lipinski definition) is 3. The average Bonchev–Trinajstić information content (AvgIpc) is 3.05. The van der Waals surface area contributed by atoms with E-state index in [0.29, 0.717) is 0 Å². The van der Waals surface area contributed by atoms with E-state index in [2.05, 4.69) is 20.3 Å². The van der Waals surface area contributed by atoms with Gasteiger partial charge in [-0.2, -0.15) is 0 Å². The van der Waals surface area contributed by atoms with E-state index in [9.17, 15) is 5.11 Å². The smallest absolute Gasteiger partial charge is 0.125 e. The van der Waals surface area contributed by atoms with Gasteiger partial charge in [0.15, 0.2) is 0 Å². The molecule has 0 aliphatic rings. The van der Waals surface area contributed by atoms with Gasteiger partial charge in [-0.25, -0.2) is 4.98 Å². The molecule has 4 rings (SSSR count). The van der Waals surface area contributed by atoms with Crippen LogP contribution in [0.2, 0.25) is 0 Å². The summed E-state index contributed by atoms with van der Waals surface area (Å²) in [4.78, 5) is 11.7. The molecule has 0 radical (unpaired) electrons. The maximum Gasteiger partial charge on any atom is 0.125 e. The summed E-state index contributed by atoms with van der Waals surface area (Å²) in [6.07, 6.45) is 5.32. The predicted octanol–water partition coefficient (Wildman–Crippen LogP) is 4.04. The Labute approximate surface area is 139 Å². The Hall–Kier alpha value is -3.34. The molecule has 1 aromatic carbocycles. The molecular formula is C19H16N4O. The van der Waals surface area contributed by atoms with Crippen LogP contribution in [0.25, 0.3) is 33.3 Å². The third kappa shape index (κ3) is 2.46. The van der Waals surface area contributed by atoms with E-state index in [0.717, 1.165) is 39.1 Å². The molecule has 118 valence electrons. The summed E-state index contributed by atoms with van der Waals surface area (Å²) in [6.45, 7) is 0. The Morgan fingerprint density at radius 1 is 1.00 bits per heavy atom. The zero-order chi connectivity index (χ0) is 16.5. The summed E-state index contributed by atoms with van der Waals surface area (Å²) in [7, 11) is 1.83. The van der Waals surface area contributed by atoms with Gasteiger partial charge in [-0.3, -0.25) is 4.98 Å². The van der Waals surface area contributed by atoms with Gasteiger partial charge in [0.25, 0.3) is 0 Å². The van der Waals surface area contributed by atoms with Gasteiger partial charge in [-0.1, -0.05) is 6.07 Å². The number of H-pyrrole nitrogens is 1. The van der Waals surface area contributed by atoms with Crippen LogP contribution in [-0.2, 0) is 0 Å². The summed E-state index contributed by atoms with van der Waals surface area (Å²) >= 11 is 0. The van der Waals surface area contributed by atoms with Crippen molar-refractivity contribution in [2.45, 2.75) is 0 Å². The molecule has 0 aliphatic heterocycles. The molecule has 5 heteroatoms. The maximum absolute atomic E-state index is 10.5. The van der Waals surface area contributed by atoms with Crippen LogP contribution in [0.3, 0.4) is 0 Å². The van der Waals surface area contributed by atoms with Crippen LogP contribution in [0.4, 0.5) is 5.82 Å². The average molecular weight is 316 g/mol. The van der Waals surface area contributed by atoms with E-state index in [1.54, 1.807) is 24.7 Å². The SMILES string of the molecule is CNc1ccc(-c2ccc(-c3cc4ccncc4[nH]3)c(O)c2)cn1. The first kappa shape index (κ1) is 14.3. The lowest BCUT2D eigenvalue weighted by atomic mass is 10.0. The minimum absolute atomic E-state index is 0.227. The number of rotatable bonds is 3. The number of hydrogen-bond acceptors (Lipinski definition) is 4. The van der Waals surface area contributed by atoms with E-state index in [-0.39, 0.29) is 5.75 Å². The number of aromatic nitrogens is 3. The van der Waals surface area contributed by atoms with E-state index in [1.807, 2.05) is 43.4 Å². The highest BCUT2D eigenvalue weighted by Crippen LogP contribution is 2.34. The molecule has 0 unspecified atom stereocenters. The Kier molecular flexibility index (Phi) is 3.39. The van der Waals surface area contributed by atoms with E-state index in [4.69, 9.17) is 0 Å². The number of fused-ring (bicyclic) bond motifs is 1. The van der Waals surface area contributed by atoms with Crippen molar-refractivity contribution in [2.75, 3.05) is 12.4 Å². The van der Waals surface area contributed by atoms with Gasteiger partial charge in [-0.05, 0) is 42.0 Å². The van der Waals surface area contributed by atoms with E-state index in [1.165, 1.54) is 0 Å². The number of anilines is 1. The lowest BCUT2D eigenvalue weighted by Crippen LogP contribution is -1.91. The standard InChI is InChI=1S/C19H16N4O/c1-20-19-5-3-14(10-22-19)12-2-4-15(18(24)9-12)16-8-13-6-7-21-11-17(13)23-16/h2-11,23-24H,1H3,(H,20,22). The summed E-state index contributed by atoms with van der Waals surface area (Å²) in [5.41, 5.74) is 4.45. The fourth-order valence-corrected chi connectivity index (χ4v) is 2.77. The molecule has 0 atom stereocenters. The lowest BCUT2D eigenvalue weighted by molar-refractivity contribution is 0.477. The van der Waals surface area contributed by atoms with Gasteiger partial charge in [0, 0.05) is 36.0 Å².